The molecule has 12 heavy (non-hydrogen) atoms. The molecular formula is C8H8BrClOS. The van der Waals surface area contributed by atoms with Crippen LogP contribution in [0.5, 0.6) is 5.75 Å². The van der Waals surface area contributed by atoms with Gasteiger partial charge >= 0.3 is 0 Å². The first kappa shape index (κ1) is 10.2. The lowest BCUT2D eigenvalue weighted by molar-refractivity contribution is 0.344. The van der Waals surface area contributed by atoms with Gasteiger partial charge in [0.2, 0.25) is 0 Å². The molecule has 1 nitrogen and oxygen atoms in total. The molecule has 66 valence electrons. The molecule has 4 heteroatoms. The third kappa shape index (κ3) is 2.88. The fourth-order valence-corrected chi connectivity index (χ4v) is 1.35. The zero-order valence-corrected chi connectivity index (χ0v) is 9.49. The van der Waals surface area contributed by atoms with Gasteiger partial charge in [-0.1, -0.05) is 27.5 Å². The molecule has 0 bridgehead atoms. The second-order valence-electron chi connectivity index (χ2n) is 2.15. The molecule has 1 aromatic carbocycles. The van der Waals surface area contributed by atoms with E-state index in [1.54, 1.807) is 6.07 Å². The third-order valence-corrected chi connectivity index (χ3v) is 2.23. The van der Waals surface area contributed by atoms with E-state index in [1.165, 1.54) is 0 Å². The van der Waals surface area contributed by atoms with E-state index in [0.29, 0.717) is 23.1 Å². The molecule has 1 rings (SSSR count). The topological polar surface area (TPSA) is 9.23 Å². The molecule has 0 unspecified atom stereocenters. The molecule has 0 radical (unpaired) electrons. The van der Waals surface area contributed by atoms with E-state index in [4.69, 9.17) is 16.3 Å². The van der Waals surface area contributed by atoms with Crippen LogP contribution in [0.3, 0.4) is 0 Å². The summed E-state index contributed by atoms with van der Waals surface area (Å²) in [6.07, 6.45) is 0. The fraction of sp³-hybridized carbons (Fsp3) is 0.250. The van der Waals surface area contributed by atoms with Gasteiger partial charge in [-0.05, 0) is 18.2 Å². The quantitative estimate of drug-likeness (QED) is 0.826. The number of hydrogen-bond acceptors (Lipinski definition) is 2. The lowest BCUT2D eigenvalue weighted by Gasteiger charge is -2.06. The molecule has 0 heterocycles. The average molecular weight is 268 g/mol. The van der Waals surface area contributed by atoms with Crippen molar-refractivity contribution >= 4 is 40.2 Å². The molecule has 0 aliphatic carbocycles. The van der Waals surface area contributed by atoms with E-state index in [0.717, 1.165) is 4.47 Å². The van der Waals surface area contributed by atoms with Crippen molar-refractivity contribution in [2.45, 2.75) is 0 Å². The van der Waals surface area contributed by atoms with Gasteiger partial charge in [0.1, 0.15) is 5.75 Å². The minimum absolute atomic E-state index is 0.569. The predicted molar refractivity (Wildman–Crippen MR) is 58.5 cm³/mol. The van der Waals surface area contributed by atoms with Crippen molar-refractivity contribution in [3.8, 4) is 5.75 Å². The maximum Gasteiger partial charge on any atom is 0.139 e. The summed E-state index contributed by atoms with van der Waals surface area (Å²) in [6, 6.07) is 5.50. The number of thiol groups is 1. The predicted octanol–water partition coefficient (Wildman–Crippen LogP) is 3.41. The van der Waals surface area contributed by atoms with Gasteiger partial charge in [-0.25, -0.2) is 0 Å². The van der Waals surface area contributed by atoms with Gasteiger partial charge in [0.05, 0.1) is 11.6 Å². The summed E-state index contributed by atoms with van der Waals surface area (Å²) in [5.41, 5.74) is 0. The first-order chi connectivity index (χ1) is 5.74. The summed E-state index contributed by atoms with van der Waals surface area (Å²) in [5.74, 6) is 1.38. The Hall–Kier alpha value is 0.140. The molecule has 0 fully saturated rings. The highest BCUT2D eigenvalue weighted by Gasteiger charge is 2.00. The zero-order valence-electron chi connectivity index (χ0n) is 6.26. The number of hydrogen-bond donors (Lipinski definition) is 1. The Morgan fingerprint density at radius 2 is 2.25 bits per heavy atom. The lowest BCUT2D eigenvalue weighted by atomic mass is 10.3. The highest BCUT2D eigenvalue weighted by atomic mass is 79.9. The minimum Gasteiger partial charge on any atom is -0.491 e. The van der Waals surface area contributed by atoms with E-state index in [-0.39, 0.29) is 0 Å². The Morgan fingerprint density at radius 1 is 1.50 bits per heavy atom. The first-order valence-corrected chi connectivity index (χ1v) is 5.23. The van der Waals surface area contributed by atoms with Crippen LogP contribution in [0.25, 0.3) is 0 Å². The molecule has 1 aromatic rings. The van der Waals surface area contributed by atoms with Crippen molar-refractivity contribution in [2.24, 2.45) is 0 Å². The van der Waals surface area contributed by atoms with Crippen LogP contribution in [-0.2, 0) is 0 Å². The normalized spacial score (nSPS) is 9.92. The van der Waals surface area contributed by atoms with Crippen LogP contribution >= 0.6 is 40.2 Å². The maximum absolute atomic E-state index is 5.86. The standard InChI is InChI=1S/C8H8BrClOS/c9-6-1-2-7(10)8(5-6)11-3-4-12/h1-2,5,12H,3-4H2. The molecule has 0 N–H and O–H groups in total. The van der Waals surface area contributed by atoms with Crippen molar-refractivity contribution in [3.05, 3.63) is 27.7 Å². The van der Waals surface area contributed by atoms with Gasteiger partial charge in [-0.15, -0.1) is 0 Å². The third-order valence-electron chi connectivity index (χ3n) is 1.24. The van der Waals surface area contributed by atoms with Crippen LogP contribution < -0.4 is 4.74 Å². The zero-order chi connectivity index (χ0) is 8.97. The van der Waals surface area contributed by atoms with Crippen molar-refractivity contribution in [3.63, 3.8) is 0 Å². The lowest BCUT2D eigenvalue weighted by Crippen LogP contribution is -1.98. The molecule has 0 aromatic heterocycles. The molecule has 0 spiro atoms. The van der Waals surface area contributed by atoms with Gasteiger partial charge in [-0.3, -0.25) is 0 Å². The number of rotatable bonds is 3. The SMILES string of the molecule is SCCOc1cc(Br)ccc1Cl. The molecule has 0 aliphatic heterocycles. The fourth-order valence-electron chi connectivity index (χ4n) is 0.743. The maximum atomic E-state index is 5.86. The Labute approximate surface area is 90.6 Å². The van der Waals surface area contributed by atoms with E-state index >= 15 is 0 Å². The Kier molecular flexibility index (Phi) is 4.26. The van der Waals surface area contributed by atoms with Gasteiger partial charge in [0.15, 0.2) is 0 Å². The van der Waals surface area contributed by atoms with Crippen molar-refractivity contribution in [2.75, 3.05) is 12.4 Å². The Balaban J connectivity index is 2.75. The minimum atomic E-state index is 0.569. The first-order valence-electron chi connectivity index (χ1n) is 3.43. The summed E-state index contributed by atoms with van der Waals surface area (Å²) < 4.78 is 6.29. The highest BCUT2D eigenvalue weighted by Crippen LogP contribution is 2.27. The Bertz CT molecular complexity index is 267. The average Bonchev–Trinajstić information content (AvgIpc) is 2.07. The van der Waals surface area contributed by atoms with Crippen LogP contribution in [0, 0.1) is 0 Å². The van der Waals surface area contributed by atoms with Crippen LogP contribution in [-0.4, -0.2) is 12.4 Å². The van der Waals surface area contributed by atoms with E-state index in [9.17, 15) is 0 Å². The van der Waals surface area contributed by atoms with Gasteiger partial charge < -0.3 is 4.74 Å². The second-order valence-corrected chi connectivity index (χ2v) is 3.92. The summed E-state index contributed by atoms with van der Waals surface area (Å²) in [4.78, 5) is 0. The molecule has 0 aliphatic rings. The summed E-state index contributed by atoms with van der Waals surface area (Å²) in [5, 5.41) is 0.625. The van der Waals surface area contributed by atoms with E-state index in [1.807, 2.05) is 12.1 Å². The van der Waals surface area contributed by atoms with E-state index < -0.39 is 0 Å². The highest BCUT2D eigenvalue weighted by molar-refractivity contribution is 9.10. The molecule has 0 saturated carbocycles. The van der Waals surface area contributed by atoms with Crippen LogP contribution in [0.2, 0.25) is 5.02 Å². The molecule has 0 amide bonds. The molecule has 0 atom stereocenters. The summed E-state index contributed by atoms with van der Waals surface area (Å²) >= 11 is 13.2. The van der Waals surface area contributed by atoms with Crippen LogP contribution in [0.4, 0.5) is 0 Å². The molecule has 0 saturated heterocycles. The van der Waals surface area contributed by atoms with Crippen molar-refractivity contribution < 1.29 is 4.74 Å². The van der Waals surface area contributed by atoms with Crippen molar-refractivity contribution in [1.82, 2.24) is 0 Å². The molecular weight excluding hydrogens is 260 g/mol. The van der Waals surface area contributed by atoms with Crippen LogP contribution in [0.1, 0.15) is 0 Å². The van der Waals surface area contributed by atoms with Gasteiger partial charge in [0, 0.05) is 10.2 Å². The van der Waals surface area contributed by atoms with Crippen molar-refractivity contribution in [1.29, 1.82) is 0 Å². The van der Waals surface area contributed by atoms with E-state index in [2.05, 4.69) is 28.6 Å². The monoisotopic (exact) mass is 266 g/mol. The second kappa shape index (κ2) is 5.00. The van der Waals surface area contributed by atoms with Gasteiger partial charge in [-0.2, -0.15) is 12.6 Å². The number of ether oxygens (including phenoxy) is 1. The number of halogens is 2. The summed E-state index contributed by atoms with van der Waals surface area (Å²) in [6.45, 7) is 0.569. The van der Waals surface area contributed by atoms with Crippen LogP contribution in [0.15, 0.2) is 22.7 Å². The number of benzene rings is 1. The largest absolute Gasteiger partial charge is 0.491 e. The smallest absolute Gasteiger partial charge is 0.139 e. The van der Waals surface area contributed by atoms with Gasteiger partial charge in [0.25, 0.3) is 0 Å². The Morgan fingerprint density at radius 3 is 2.92 bits per heavy atom. The summed E-state index contributed by atoms with van der Waals surface area (Å²) in [7, 11) is 0.